The molecule has 1 saturated carbocycles. The second-order valence-electron chi connectivity index (χ2n) is 7.50. The molecule has 6 nitrogen and oxygen atoms in total. The van der Waals surface area contributed by atoms with Gasteiger partial charge < -0.3 is 15.5 Å². The lowest BCUT2D eigenvalue weighted by molar-refractivity contribution is -0.131. The van der Waals surface area contributed by atoms with Crippen molar-refractivity contribution in [2.24, 2.45) is 5.92 Å². The first-order valence-electron chi connectivity index (χ1n) is 9.78. The van der Waals surface area contributed by atoms with Crippen LogP contribution in [-0.2, 0) is 9.59 Å². The second kappa shape index (κ2) is 9.76. The van der Waals surface area contributed by atoms with Crippen LogP contribution in [0.5, 0.6) is 0 Å². The number of carbonyl (C=O) groups is 2. The van der Waals surface area contributed by atoms with Crippen molar-refractivity contribution in [1.82, 2.24) is 15.5 Å². The van der Waals surface area contributed by atoms with Gasteiger partial charge >= 0.3 is 0 Å². The molecule has 1 unspecified atom stereocenters. The van der Waals surface area contributed by atoms with E-state index in [0.29, 0.717) is 19.1 Å². The third-order valence-corrected chi connectivity index (χ3v) is 5.47. The van der Waals surface area contributed by atoms with Crippen LogP contribution in [0.3, 0.4) is 0 Å². The van der Waals surface area contributed by atoms with Crippen molar-refractivity contribution in [3.05, 3.63) is 0 Å². The molecular formula is C19H32N4O2. The molecule has 1 heterocycles. The number of nitrogens with zero attached hydrogens (tertiary/aromatic N) is 2. The summed E-state index contributed by atoms with van der Waals surface area (Å²) in [6, 6.07) is 2.50. The van der Waals surface area contributed by atoms with Crippen molar-refractivity contribution < 1.29 is 9.59 Å². The van der Waals surface area contributed by atoms with Gasteiger partial charge in [0.1, 0.15) is 6.04 Å². The maximum atomic E-state index is 12.3. The molecule has 1 aliphatic carbocycles. The molecule has 0 aromatic heterocycles. The van der Waals surface area contributed by atoms with E-state index in [1.165, 1.54) is 0 Å². The van der Waals surface area contributed by atoms with Crippen molar-refractivity contribution in [3.8, 4) is 6.07 Å². The summed E-state index contributed by atoms with van der Waals surface area (Å²) in [5, 5.41) is 15.5. The van der Waals surface area contributed by atoms with Crippen molar-refractivity contribution >= 4 is 11.8 Å². The van der Waals surface area contributed by atoms with Gasteiger partial charge in [-0.25, -0.2) is 0 Å². The van der Waals surface area contributed by atoms with E-state index in [9.17, 15) is 9.59 Å². The number of carbonyl (C=O) groups excluding carboxylic acids is 2. The Bertz CT molecular complexity index is 494. The summed E-state index contributed by atoms with van der Waals surface area (Å²) >= 11 is 0. The lowest BCUT2D eigenvalue weighted by Crippen LogP contribution is -2.45. The highest BCUT2D eigenvalue weighted by molar-refractivity contribution is 5.79. The molecule has 140 valence electrons. The van der Waals surface area contributed by atoms with E-state index in [0.717, 1.165) is 51.4 Å². The summed E-state index contributed by atoms with van der Waals surface area (Å²) < 4.78 is 0. The average molecular weight is 348 g/mol. The fraction of sp³-hybridized carbons (Fsp3) is 0.842. The van der Waals surface area contributed by atoms with E-state index >= 15 is 0 Å². The van der Waals surface area contributed by atoms with Crippen LogP contribution in [0.2, 0.25) is 0 Å². The Kier molecular flexibility index (Phi) is 7.70. The number of rotatable bonds is 7. The van der Waals surface area contributed by atoms with Crippen LogP contribution in [-0.4, -0.2) is 47.9 Å². The molecule has 0 radical (unpaired) electrons. The van der Waals surface area contributed by atoms with Crippen LogP contribution in [0.4, 0.5) is 0 Å². The molecular weight excluding hydrogens is 316 g/mol. The number of hydrogen-bond donors (Lipinski definition) is 2. The number of hydrogen-bond acceptors (Lipinski definition) is 4. The van der Waals surface area contributed by atoms with E-state index in [1.807, 2.05) is 0 Å². The van der Waals surface area contributed by atoms with Gasteiger partial charge in [-0.1, -0.05) is 13.3 Å². The first-order valence-corrected chi connectivity index (χ1v) is 9.78. The number of nitrogens with one attached hydrogen (secondary N) is 2. The highest BCUT2D eigenvalue weighted by atomic mass is 16.2. The van der Waals surface area contributed by atoms with Crippen LogP contribution in [0.15, 0.2) is 0 Å². The smallest absolute Gasteiger partial charge is 0.237 e. The first kappa shape index (κ1) is 19.7. The number of nitriles is 1. The molecule has 25 heavy (non-hydrogen) atoms. The molecule has 0 aromatic carbocycles. The Balaban J connectivity index is 1.67. The van der Waals surface area contributed by atoms with Gasteiger partial charge in [0.15, 0.2) is 0 Å². The number of likely N-dealkylation sites (tertiary alicyclic amines) is 1. The molecule has 1 saturated heterocycles. The van der Waals surface area contributed by atoms with E-state index in [1.54, 1.807) is 4.90 Å². The highest BCUT2D eigenvalue weighted by Crippen LogP contribution is 2.25. The minimum absolute atomic E-state index is 0.0253. The van der Waals surface area contributed by atoms with Crippen LogP contribution < -0.4 is 10.6 Å². The fourth-order valence-corrected chi connectivity index (χ4v) is 3.96. The summed E-state index contributed by atoms with van der Waals surface area (Å²) in [4.78, 5) is 26.2. The van der Waals surface area contributed by atoms with Gasteiger partial charge in [0.2, 0.25) is 11.8 Å². The minimum Gasteiger partial charge on any atom is -0.353 e. The Hall–Kier alpha value is -1.61. The third kappa shape index (κ3) is 5.71. The lowest BCUT2D eigenvalue weighted by atomic mass is 9.85. The van der Waals surface area contributed by atoms with E-state index in [4.69, 9.17) is 5.26 Å². The van der Waals surface area contributed by atoms with Crippen LogP contribution in [0.1, 0.15) is 65.2 Å². The lowest BCUT2D eigenvalue weighted by Gasteiger charge is -2.30. The molecule has 0 spiro atoms. The molecule has 0 bridgehead atoms. The van der Waals surface area contributed by atoms with Gasteiger partial charge in [-0.3, -0.25) is 9.59 Å². The zero-order valence-electron chi connectivity index (χ0n) is 15.6. The van der Waals surface area contributed by atoms with E-state index < -0.39 is 0 Å². The molecule has 6 heteroatoms. The standard InChI is InChI=1S/C19H32N4O2/c1-3-5-14(2)22-19(25)15-7-9-16(10-8-15)21-13-18(24)23-11-4-6-17(23)12-20/h14-17,21H,3-11,13H2,1-2H3,(H,22,25)/t14?,15?,16?,17-/m0/s1. The predicted molar refractivity (Wildman–Crippen MR) is 96.6 cm³/mol. The molecule has 1 aliphatic heterocycles. The SMILES string of the molecule is CCCC(C)NC(=O)C1CCC(NCC(=O)N2CCC[C@H]2C#N)CC1. The van der Waals surface area contributed by atoms with Gasteiger partial charge in [0.05, 0.1) is 12.6 Å². The second-order valence-corrected chi connectivity index (χ2v) is 7.50. The van der Waals surface area contributed by atoms with E-state index in [2.05, 4.69) is 30.6 Å². The molecule has 2 fully saturated rings. The Morgan fingerprint density at radius 1 is 1.24 bits per heavy atom. The normalized spacial score (nSPS) is 27.6. The maximum Gasteiger partial charge on any atom is 0.237 e. The first-order chi connectivity index (χ1) is 12.0. The van der Waals surface area contributed by atoms with Crippen molar-refractivity contribution in [3.63, 3.8) is 0 Å². The van der Waals surface area contributed by atoms with Gasteiger partial charge in [-0.05, 0) is 51.9 Å². The topological polar surface area (TPSA) is 85.2 Å². The van der Waals surface area contributed by atoms with Gasteiger partial charge in [0.25, 0.3) is 0 Å². The summed E-state index contributed by atoms with van der Waals surface area (Å²) in [5.41, 5.74) is 0. The molecule has 2 N–H and O–H groups in total. The average Bonchev–Trinajstić information content (AvgIpc) is 3.09. The molecule has 2 aliphatic rings. The Morgan fingerprint density at radius 2 is 1.96 bits per heavy atom. The molecule has 2 atom stereocenters. The summed E-state index contributed by atoms with van der Waals surface area (Å²) in [5.74, 6) is 0.316. The third-order valence-electron chi connectivity index (χ3n) is 5.47. The maximum absolute atomic E-state index is 12.3. The van der Waals surface area contributed by atoms with Crippen LogP contribution in [0.25, 0.3) is 0 Å². The molecule has 2 rings (SSSR count). The summed E-state index contributed by atoms with van der Waals surface area (Å²) in [6.45, 7) is 5.18. The Morgan fingerprint density at radius 3 is 2.60 bits per heavy atom. The summed E-state index contributed by atoms with van der Waals surface area (Å²) in [7, 11) is 0. The van der Waals surface area contributed by atoms with Crippen LogP contribution in [0, 0.1) is 17.2 Å². The van der Waals surface area contributed by atoms with Gasteiger partial charge in [-0.2, -0.15) is 5.26 Å². The number of amides is 2. The Labute approximate surface area is 151 Å². The largest absolute Gasteiger partial charge is 0.353 e. The molecule has 0 aromatic rings. The van der Waals surface area contributed by atoms with Crippen molar-refractivity contribution in [1.29, 1.82) is 5.26 Å². The monoisotopic (exact) mass is 348 g/mol. The van der Waals surface area contributed by atoms with Gasteiger partial charge in [-0.15, -0.1) is 0 Å². The van der Waals surface area contributed by atoms with Crippen molar-refractivity contribution in [2.45, 2.75) is 83.3 Å². The minimum atomic E-state index is -0.251. The predicted octanol–water partition coefficient (Wildman–Crippen LogP) is 1.95. The van der Waals surface area contributed by atoms with E-state index in [-0.39, 0.29) is 29.8 Å². The zero-order chi connectivity index (χ0) is 18.2. The highest BCUT2D eigenvalue weighted by Gasteiger charge is 2.30. The fourth-order valence-electron chi connectivity index (χ4n) is 3.96. The van der Waals surface area contributed by atoms with Gasteiger partial charge in [0, 0.05) is 24.5 Å². The van der Waals surface area contributed by atoms with Crippen molar-refractivity contribution in [2.75, 3.05) is 13.1 Å². The molecule has 2 amide bonds. The quantitative estimate of drug-likeness (QED) is 0.736. The van der Waals surface area contributed by atoms with Crippen LogP contribution >= 0.6 is 0 Å². The summed E-state index contributed by atoms with van der Waals surface area (Å²) in [6.07, 6.45) is 7.41. The zero-order valence-corrected chi connectivity index (χ0v) is 15.6.